The number of hydrogen-bond donors (Lipinski definition) is 1. The van der Waals surface area contributed by atoms with Crippen molar-refractivity contribution in [2.24, 2.45) is 10.7 Å². The van der Waals surface area contributed by atoms with E-state index < -0.39 is 11.9 Å². The van der Waals surface area contributed by atoms with Gasteiger partial charge in [0, 0.05) is 46.8 Å². The number of carbonyl (C=O) groups is 1. The molecule has 0 bridgehead atoms. The van der Waals surface area contributed by atoms with Crippen molar-refractivity contribution in [3.63, 3.8) is 0 Å². The highest BCUT2D eigenvalue weighted by atomic mass is 79.9. The van der Waals surface area contributed by atoms with E-state index in [1.54, 1.807) is 18.5 Å². The number of halogens is 3. The molecule has 0 atom stereocenters. The first-order valence-electron chi connectivity index (χ1n) is 11.6. The van der Waals surface area contributed by atoms with E-state index in [1.807, 2.05) is 23.1 Å². The summed E-state index contributed by atoms with van der Waals surface area (Å²) >= 11 is 3.50. The van der Waals surface area contributed by atoms with Crippen LogP contribution in [0.2, 0.25) is 0 Å². The van der Waals surface area contributed by atoms with Crippen molar-refractivity contribution in [2.45, 2.75) is 31.7 Å². The van der Waals surface area contributed by atoms with Gasteiger partial charge in [-0.3, -0.25) is 9.98 Å². The number of fused-ring (bicyclic) bond motifs is 1. The first-order valence-corrected chi connectivity index (χ1v) is 12.4. The topological polar surface area (TPSA) is 93.7 Å². The molecule has 7 nitrogen and oxygen atoms in total. The Balaban J connectivity index is 1.41. The summed E-state index contributed by atoms with van der Waals surface area (Å²) in [5.41, 5.74) is 8.92. The molecular formula is C26H26BrF2N5O2. The second kappa shape index (κ2) is 11.1. The summed E-state index contributed by atoms with van der Waals surface area (Å²) in [5.74, 6) is -5.23. The van der Waals surface area contributed by atoms with Gasteiger partial charge in [-0.25, -0.2) is 9.78 Å². The summed E-state index contributed by atoms with van der Waals surface area (Å²) in [7, 11) is 0. The first-order chi connectivity index (χ1) is 17.3. The Labute approximate surface area is 216 Å². The number of ether oxygens (including phenoxy) is 1. The number of benzene rings is 2. The van der Waals surface area contributed by atoms with E-state index >= 15 is 0 Å². The maximum atomic E-state index is 14.5. The Morgan fingerprint density at radius 3 is 2.75 bits per heavy atom. The maximum Gasteiger partial charge on any atom is 0.381 e. The molecule has 1 saturated heterocycles. The minimum Gasteiger partial charge on any atom is -0.461 e. The van der Waals surface area contributed by atoms with Crippen molar-refractivity contribution in [1.29, 1.82) is 0 Å². The fourth-order valence-corrected chi connectivity index (χ4v) is 4.47. The number of rotatable bonds is 7. The standard InChI is InChI=1S/C26H26BrF2N5O2/c1-2-36-25(35)26(28,29)18-5-3-6-20(13-18)34-11-9-19(10-12-34)31-15-17(14-30)23-16-32-22-8-4-7-21(27)24(22)33-23/h3-8,13-16,19H,2,9-12,30H2,1H3. The van der Waals surface area contributed by atoms with Gasteiger partial charge >= 0.3 is 11.9 Å². The minimum atomic E-state index is -3.69. The summed E-state index contributed by atoms with van der Waals surface area (Å²) in [6.45, 7) is 2.67. The van der Waals surface area contributed by atoms with Crippen LogP contribution in [0, 0.1) is 0 Å². The van der Waals surface area contributed by atoms with Crippen LogP contribution in [0.3, 0.4) is 0 Å². The first kappa shape index (κ1) is 25.7. The number of piperidine rings is 1. The molecule has 1 aliphatic heterocycles. The average Bonchev–Trinajstić information content (AvgIpc) is 2.90. The lowest BCUT2D eigenvalue weighted by molar-refractivity contribution is -0.173. The van der Waals surface area contributed by atoms with Crippen molar-refractivity contribution in [3.05, 3.63) is 70.6 Å². The summed E-state index contributed by atoms with van der Waals surface area (Å²) in [4.78, 5) is 27.5. The van der Waals surface area contributed by atoms with Crippen LogP contribution in [0.5, 0.6) is 0 Å². The molecular weight excluding hydrogens is 532 g/mol. The molecule has 1 aliphatic rings. The number of allylic oxidation sites excluding steroid dienone is 1. The predicted octanol–water partition coefficient (Wildman–Crippen LogP) is 5.09. The number of alkyl halides is 2. The fourth-order valence-electron chi connectivity index (χ4n) is 4.03. The number of carbonyl (C=O) groups excluding carboxylic acids is 1. The number of hydrogen-bond acceptors (Lipinski definition) is 7. The Morgan fingerprint density at radius 2 is 2.03 bits per heavy atom. The van der Waals surface area contributed by atoms with E-state index in [0.717, 1.165) is 28.3 Å². The quantitative estimate of drug-likeness (QED) is 0.321. The molecule has 0 amide bonds. The summed E-state index contributed by atoms with van der Waals surface area (Å²) in [6.07, 6.45) is 6.32. The van der Waals surface area contributed by atoms with Crippen molar-refractivity contribution >= 4 is 50.4 Å². The molecule has 3 aromatic rings. The fraction of sp³-hybridized carbons (Fsp3) is 0.308. The number of anilines is 1. The third-order valence-corrected chi connectivity index (χ3v) is 6.63. The van der Waals surface area contributed by atoms with E-state index in [9.17, 15) is 13.6 Å². The van der Waals surface area contributed by atoms with Crippen LogP contribution >= 0.6 is 15.9 Å². The van der Waals surface area contributed by atoms with Gasteiger partial charge in [0.15, 0.2) is 0 Å². The summed E-state index contributed by atoms with van der Waals surface area (Å²) in [5, 5.41) is 0. The van der Waals surface area contributed by atoms with Crippen LogP contribution in [0.1, 0.15) is 31.0 Å². The van der Waals surface area contributed by atoms with E-state index in [4.69, 9.17) is 10.7 Å². The highest BCUT2D eigenvalue weighted by Gasteiger charge is 2.43. The second-order valence-electron chi connectivity index (χ2n) is 8.33. The molecule has 0 spiro atoms. The molecule has 0 unspecified atom stereocenters. The maximum absolute atomic E-state index is 14.5. The molecule has 0 aliphatic carbocycles. The van der Waals surface area contributed by atoms with Gasteiger partial charge in [-0.15, -0.1) is 0 Å². The zero-order valence-electron chi connectivity index (χ0n) is 19.7. The molecule has 0 radical (unpaired) electrons. The second-order valence-corrected chi connectivity index (χ2v) is 9.18. The molecule has 2 N–H and O–H groups in total. The molecule has 1 fully saturated rings. The average molecular weight is 558 g/mol. The number of esters is 1. The monoisotopic (exact) mass is 557 g/mol. The van der Waals surface area contributed by atoms with Gasteiger partial charge in [-0.05, 0) is 60.0 Å². The number of aliphatic imine (C=N–C) groups is 1. The molecule has 36 heavy (non-hydrogen) atoms. The van der Waals surface area contributed by atoms with E-state index in [2.05, 4.69) is 30.6 Å². The highest BCUT2D eigenvalue weighted by molar-refractivity contribution is 9.10. The third kappa shape index (κ3) is 5.53. The molecule has 2 aromatic carbocycles. The van der Waals surface area contributed by atoms with Crippen LogP contribution in [-0.4, -0.2) is 47.9 Å². The van der Waals surface area contributed by atoms with Crippen molar-refractivity contribution in [1.82, 2.24) is 9.97 Å². The summed E-state index contributed by atoms with van der Waals surface area (Å²) in [6, 6.07) is 11.6. The zero-order chi connectivity index (χ0) is 25.7. The van der Waals surface area contributed by atoms with Gasteiger partial charge in [0.1, 0.15) is 5.52 Å². The van der Waals surface area contributed by atoms with Crippen molar-refractivity contribution < 1.29 is 18.3 Å². The highest BCUT2D eigenvalue weighted by Crippen LogP contribution is 2.33. The lowest BCUT2D eigenvalue weighted by atomic mass is 10.0. The van der Waals surface area contributed by atoms with Gasteiger partial charge in [-0.1, -0.05) is 18.2 Å². The Morgan fingerprint density at radius 1 is 1.28 bits per heavy atom. The molecule has 10 heteroatoms. The van der Waals surface area contributed by atoms with Crippen LogP contribution in [-0.2, 0) is 15.5 Å². The molecule has 2 heterocycles. The van der Waals surface area contributed by atoms with E-state index in [0.29, 0.717) is 30.0 Å². The van der Waals surface area contributed by atoms with Crippen molar-refractivity contribution in [3.8, 4) is 0 Å². The molecule has 188 valence electrons. The minimum absolute atomic E-state index is 0.0560. The number of nitrogens with two attached hydrogens (primary N) is 1. The predicted molar refractivity (Wildman–Crippen MR) is 140 cm³/mol. The normalized spacial score (nSPS) is 15.6. The smallest absolute Gasteiger partial charge is 0.381 e. The van der Waals surface area contributed by atoms with Gasteiger partial charge in [0.05, 0.1) is 30.1 Å². The SMILES string of the molecule is CCOC(=O)C(F)(F)c1cccc(N2CCC(N=CC(=CN)c3cnc4cccc(Br)c4n3)CC2)c1. The van der Waals surface area contributed by atoms with Gasteiger partial charge in [0.25, 0.3) is 0 Å². The van der Waals surface area contributed by atoms with Gasteiger partial charge in [0.2, 0.25) is 0 Å². The molecule has 4 rings (SSSR count). The lowest BCUT2D eigenvalue weighted by Gasteiger charge is -2.32. The van der Waals surface area contributed by atoms with Crippen LogP contribution < -0.4 is 10.6 Å². The Bertz CT molecular complexity index is 1310. The lowest BCUT2D eigenvalue weighted by Crippen LogP contribution is -2.35. The van der Waals surface area contributed by atoms with Crippen LogP contribution in [0.4, 0.5) is 14.5 Å². The molecule has 1 aromatic heterocycles. The molecule has 0 saturated carbocycles. The Kier molecular flexibility index (Phi) is 7.93. The van der Waals surface area contributed by atoms with Crippen LogP contribution in [0.15, 0.2) is 64.3 Å². The third-order valence-electron chi connectivity index (χ3n) is 5.99. The van der Waals surface area contributed by atoms with E-state index in [1.165, 1.54) is 31.3 Å². The van der Waals surface area contributed by atoms with E-state index in [-0.39, 0.29) is 18.2 Å². The van der Waals surface area contributed by atoms with Gasteiger partial charge in [-0.2, -0.15) is 8.78 Å². The summed E-state index contributed by atoms with van der Waals surface area (Å²) < 4.78 is 34.3. The Hall–Kier alpha value is -3.40. The number of aromatic nitrogens is 2. The number of para-hydroxylation sites is 1. The van der Waals surface area contributed by atoms with Crippen LogP contribution in [0.25, 0.3) is 16.6 Å². The van der Waals surface area contributed by atoms with Gasteiger partial charge < -0.3 is 15.4 Å². The number of nitrogens with zero attached hydrogens (tertiary/aromatic N) is 4. The largest absolute Gasteiger partial charge is 0.461 e. The van der Waals surface area contributed by atoms with Crippen molar-refractivity contribution in [2.75, 3.05) is 24.6 Å². The zero-order valence-corrected chi connectivity index (χ0v) is 21.3.